The van der Waals surface area contributed by atoms with Gasteiger partial charge >= 0.3 is 0 Å². The van der Waals surface area contributed by atoms with Gasteiger partial charge in [0.15, 0.2) is 0 Å². The molecule has 16 heavy (non-hydrogen) atoms. The highest BCUT2D eigenvalue weighted by atomic mass is 35.5. The van der Waals surface area contributed by atoms with Crippen molar-refractivity contribution < 1.29 is 0 Å². The van der Waals surface area contributed by atoms with E-state index in [1.807, 2.05) is 0 Å². The normalized spacial score (nSPS) is 17.8. The SMILES string of the molecule is Cc1ccc(N2CCN(CCCl)CC2)cc1. The van der Waals surface area contributed by atoms with E-state index in [9.17, 15) is 0 Å². The third-order valence-corrected chi connectivity index (χ3v) is 3.34. The molecule has 3 heteroatoms. The Morgan fingerprint density at radius 3 is 2.25 bits per heavy atom. The molecule has 0 aliphatic carbocycles. The molecule has 1 aromatic carbocycles. The fourth-order valence-electron chi connectivity index (χ4n) is 2.10. The van der Waals surface area contributed by atoms with Gasteiger partial charge in [-0.2, -0.15) is 0 Å². The number of aryl methyl sites for hydroxylation is 1. The zero-order chi connectivity index (χ0) is 11.4. The molecule has 0 amide bonds. The van der Waals surface area contributed by atoms with Gasteiger partial charge in [0.05, 0.1) is 0 Å². The summed E-state index contributed by atoms with van der Waals surface area (Å²) >= 11 is 5.75. The smallest absolute Gasteiger partial charge is 0.0367 e. The molecule has 1 aliphatic heterocycles. The minimum absolute atomic E-state index is 0.741. The Balaban J connectivity index is 1.91. The van der Waals surface area contributed by atoms with Gasteiger partial charge in [0, 0.05) is 44.3 Å². The van der Waals surface area contributed by atoms with E-state index in [0.29, 0.717) is 0 Å². The van der Waals surface area contributed by atoms with Crippen LogP contribution in [-0.4, -0.2) is 43.5 Å². The third-order valence-electron chi connectivity index (χ3n) is 3.17. The summed E-state index contributed by atoms with van der Waals surface area (Å²) < 4.78 is 0. The van der Waals surface area contributed by atoms with Gasteiger partial charge in [0.2, 0.25) is 0 Å². The maximum absolute atomic E-state index is 5.75. The van der Waals surface area contributed by atoms with Gasteiger partial charge in [-0.25, -0.2) is 0 Å². The second-order valence-corrected chi connectivity index (χ2v) is 4.73. The monoisotopic (exact) mass is 238 g/mol. The average molecular weight is 239 g/mol. The summed E-state index contributed by atoms with van der Waals surface area (Å²) in [5.41, 5.74) is 2.67. The van der Waals surface area contributed by atoms with Crippen molar-refractivity contribution in [1.29, 1.82) is 0 Å². The summed E-state index contributed by atoms with van der Waals surface area (Å²) in [4.78, 5) is 4.88. The minimum atomic E-state index is 0.741. The van der Waals surface area contributed by atoms with E-state index in [0.717, 1.165) is 38.6 Å². The number of hydrogen-bond acceptors (Lipinski definition) is 2. The summed E-state index contributed by atoms with van der Waals surface area (Å²) in [5, 5.41) is 0. The Bertz CT molecular complexity index is 315. The van der Waals surface area contributed by atoms with Crippen LogP contribution in [0.3, 0.4) is 0 Å². The number of piperazine rings is 1. The Hall–Kier alpha value is -0.730. The molecular formula is C13H19ClN2. The lowest BCUT2D eigenvalue weighted by Gasteiger charge is -2.35. The van der Waals surface area contributed by atoms with Crippen LogP contribution in [0.1, 0.15) is 5.56 Å². The molecule has 0 aromatic heterocycles. The van der Waals surface area contributed by atoms with Crippen LogP contribution in [0.2, 0.25) is 0 Å². The molecule has 0 bridgehead atoms. The summed E-state index contributed by atoms with van der Waals surface area (Å²) in [6.07, 6.45) is 0. The number of halogens is 1. The average Bonchev–Trinajstić information content (AvgIpc) is 2.32. The van der Waals surface area contributed by atoms with E-state index in [1.54, 1.807) is 0 Å². The predicted molar refractivity (Wildman–Crippen MR) is 70.6 cm³/mol. The topological polar surface area (TPSA) is 6.48 Å². The summed E-state index contributed by atoms with van der Waals surface area (Å²) in [7, 11) is 0. The molecule has 0 atom stereocenters. The summed E-state index contributed by atoms with van der Waals surface area (Å²) in [5.74, 6) is 0.741. The largest absolute Gasteiger partial charge is 0.369 e. The van der Waals surface area contributed by atoms with Crippen molar-refractivity contribution in [1.82, 2.24) is 4.90 Å². The lowest BCUT2D eigenvalue weighted by molar-refractivity contribution is 0.272. The fraction of sp³-hybridized carbons (Fsp3) is 0.538. The molecule has 0 saturated carbocycles. The Kier molecular flexibility index (Phi) is 4.08. The van der Waals surface area contributed by atoms with Crippen molar-refractivity contribution in [2.24, 2.45) is 0 Å². The molecule has 1 aromatic rings. The van der Waals surface area contributed by atoms with E-state index in [4.69, 9.17) is 11.6 Å². The van der Waals surface area contributed by atoms with Gasteiger partial charge in [-0.3, -0.25) is 4.90 Å². The Labute approximate surface area is 103 Å². The predicted octanol–water partition coefficient (Wildman–Crippen LogP) is 2.36. The molecule has 1 fully saturated rings. The molecule has 88 valence electrons. The standard InChI is InChI=1S/C13H19ClN2/c1-12-2-4-13(5-3-12)16-10-8-15(7-6-14)9-11-16/h2-5H,6-11H2,1H3. The van der Waals surface area contributed by atoms with Crippen molar-refractivity contribution in [3.63, 3.8) is 0 Å². The van der Waals surface area contributed by atoms with E-state index in [2.05, 4.69) is 41.0 Å². The molecule has 0 unspecified atom stereocenters. The maximum Gasteiger partial charge on any atom is 0.0367 e. The van der Waals surface area contributed by atoms with Crippen molar-refractivity contribution in [3.05, 3.63) is 29.8 Å². The van der Waals surface area contributed by atoms with Crippen LogP contribution in [0, 0.1) is 6.92 Å². The molecule has 0 N–H and O–H groups in total. The van der Waals surface area contributed by atoms with Gasteiger partial charge in [0.25, 0.3) is 0 Å². The highest BCUT2D eigenvalue weighted by molar-refractivity contribution is 6.18. The zero-order valence-corrected chi connectivity index (χ0v) is 10.6. The maximum atomic E-state index is 5.75. The first-order chi connectivity index (χ1) is 7.79. The van der Waals surface area contributed by atoms with Crippen molar-refractivity contribution >= 4 is 17.3 Å². The van der Waals surface area contributed by atoms with Crippen LogP contribution in [-0.2, 0) is 0 Å². The first-order valence-electron chi connectivity index (χ1n) is 5.89. The second kappa shape index (κ2) is 5.55. The zero-order valence-electron chi connectivity index (χ0n) is 9.82. The number of anilines is 1. The van der Waals surface area contributed by atoms with Crippen LogP contribution in [0.5, 0.6) is 0 Å². The van der Waals surface area contributed by atoms with Gasteiger partial charge in [-0.05, 0) is 19.1 Å². The van der Waals surface area contributed by atoms with E-state index in [-0.39, 0.29) is 0 Å². The van der Waals surface area contributed by atoms with Crippen LogP contribution >= 0.6 is 11.6 Å². The quantitative estimate of drug-likeness (QED) is 0.746. The third kappa shape index (κ3) is 2.89. The molecule has 0 radical (unpaired) electrons. The molecular weight excluding hydrogens is 220 g/mol. The van der Waals surface area contributed by atoms with Crippen LogP contribution in [0.25, 0.3) is 0 Å². The molecule has 0 spiro atoms. The van der Waals surface area contributed by atoms with Crippen molar-refractivity contribution in [3.8, 4) is 0 Å². The van der Waals surface area contributed by atoms with Gasteiger partial charge in [0.1, 0.15) is 0 Å². The summed E-state index contributed by atoms with van der Waals surface area (Å²) in [6, 6.07) is 8.79. The molecule has 2 rings (SSSR count). The van der Waals surface area contributed by atoms with Crippen molar-refractivity contribution in [2.45, 2.75) is 6.92 Å². The molecule has 2 nitrogen and oxygen atoms in total. The van der Waals surface area contributed by atoms with Gasteiger partial charge < -0.3 is 4.90 Å². The lowest BCUT2D eigenvalue weighted by atomic mass is 10.2. The number of hydrogen-bond donors (Lipinski definition) is 0. The minimum Gasteiger partial charge on any atom is -0.369 e. The van der Waals surface area contributed by atoms with Crippen LogP contribution in [0.15, 0.2) is 24.3 Å². The lowest BCUT2D eigenvalue weighted by Crippen LogP contribution is -2.46. The molecule has 1 heterocycles. The molecule has 1 aliphatic rings. The van der Waals surface area contributed by atoms with Crippen LogP contribution < -0.4 is 4.90 Å². The second-order valence-electron chi connectivity index (χ2n) is 4.35. The summed E-state index contributed by atoms with van der Waals surface area (Å²) in [6.45, 7) is 7.62. The van der Waals surface area contributed by atoms with Gasteiger partial charge in [-0.1, -0.05) is 17.7 Å². The number of alkyl halides is 1. The first kappa shape index (κ1) is 11.7. The van der Waals surface area contributed by atoms with Crippen LogP contribution in [0.4, 0.5) is 5.69 Å². The number of nitrogens with zero attached hydrogens (tertiary/aromatic N) is 2. The van der Waals surface area contributed by atoms with E-state index < -0.39 is 0 Å². The highest BCUT2D eigenvalue weighted by Crippen LogP contribution is 2.16. The Morgan fingerprint density at radius 2 is 1.69 bits per heavy atom. The number of benzene rings is 1. The van der Waals surface area contributed by atoms with Crippen molar-refractivity contribution in [2.75, 3.05) is 43.5 Å². The Morgan fingerprint density at radius 1 is 1.06 bits per heavy atom. The highest BCUT2D eigenvalue weighted by Gasteiger charge is 2.16. The van der Waals surface area contributed by atoms with E-state index in [1.165, 1.54) is 11.3 Å². The fourth-order valence-corrected chi connectivity index (χ4v) is 2.34. The molecule has 1 saturated heterocycles. The van der Waals surface area contributed by atoms with E-state index >= 15 is 0 Å². The first-order valence-corrected chi connectivity index (χ1v) is 6.43. The number of rotatable bonds is 3. The van der Waals surface area contributed by atoms with Gasteiger partial charge in [-0.15, -0.1) is 11.6 Å².